The summed E-state index contributed by atoms with van der Waals surface area (Å²) in [5.74, 6) is 1.09. The average molecular weight is 401 g/mol. The summed E-state index contributed by atoms with van der Waals surface area (Å²) in [7, 11) is 0. The number of piperidine rings is 1. The number of aryl methyl sites for hydroxylation is 2. The SMILES string of the molecule is O=C(Cc1cccnc1)N1CCC(Oc2ccc(CCc3ccccc3)cc2)CC1. The third kappa shape index (κ3) is 5.69. The Morgan fingerprint density at radius 2 is 1.53 bits per heavy atom. The highest BCUT2D eigenvalue weighted by Crippen LogP contribution is 2.21. The fraction of sp³-hybridized carbons (Fsp3) is 0.308. The molecule has 2 heterocycles. The number of rotatable bonds is 7. The van der Waals surface area contributed by atoms with Gasteiger partial charge in [-0.25, -0.2) is 0 Å². The maximum absolute atomic E-state index is 12.5. The van der Waals surface area contributed by atoms with E-state index in [2.05, 4.69) is 59.6 Å². The van der Waals surface area contributed by atoms with E-state index in [0.717, 1.165) is 50.1 Å². The molecule has 1 aromatic heterocycles. The summed E-state index contributed by atoms with van der Waals surface area (Å²) in [6.07, 6.45) is 7.90. The van der Waals surface area contributed by atoms with Gasteiger partial charge in [-0.15, -0.1) is 0 Å². The molecule has 0 N–H and O–H groups in total. The van der Waals surface area contributed by atoms with Crippen molar-refractivity contribution in [3.63, 3.8) is 0 Å². The maximum atomic E-state index is 12.5. The second-order valence-corrected chi connectivity index (χ2v) is 7.87. The van der Waals surface area contributed by atoms with Crippen LogP contribution in [0.4, 0.5) is 0 Å². The largest absolute Gasteiger partial charge is 0.490 e. The lowest BCUT2D eigenvalue weighted by Gasteiger charge is -2.32. The fourth-order valence-corrected chi connectivity index (χ4v) is 3.87. The van der Waals surface area contributed by atoms with Gasteiger partial charge < -0.3 is 9.64 Å². The summed E-state index contributed by atoms with van der Waals surface area (Å²) >= 11 is 0. The lowest BCUT2D eigenvalue weighted by Crippen LogP contribution is -2.42. The Hall–Kier alpha value is -3.14. The summed E-state index contributed by atoms with van der Waals surface area (Å²) in [6.45, 7) is 1.50. The van der Waals surface area contributed by atoms with Crippen LogP contribution in [0.25, 0.3) is 0 Å². The molecule has 4 heteroatoms. The molecule has 3 aromatic rings. The zero-order valence-electron chi connectivity index (χ0n) is 17.2. The number of pyridine rings is 1. The second kappa shape index (κ2) is 10.1. The Balaban J connectivity index is 1.21. The predicted molar refractivity (Wildman–Crippen MR) is 118 cm³/mol. The van der Waals surface area contributed by atoms with Crippen LogP contribution in [-0.2, 0) is 24.1 Å². The van der Waals surface area contributed by atoms with Crippen LogP contribution in [0.1, 0.15) is 29.5 Å². The number of hydrogen-bond donors (Lipinski definition) is 0. The fourth-order valence-electron chi connectivity index (χ4n) is 3.87. The van der Waals surface area contributed by atoms with Gasteiger partial charge in [0.15, 0.2) is 0 Å². The van der Waals surface area contributed by atoms with E-state index in [1.54, 1.807) is 12.4 Å². The van der Waals surface area contributed by atoms with E-state index >= 15 is 0 Å². The molecule has 0 radical (unpaired) electrons. The molecule has 30 heavy (non-hydrogen) atoms. The highest BCUT2D eigenvalue weighted by molar-refractivity contribution is 5.78. The van der Waals surface area contributed by atoms with E-state index in [-0.39, 0.29) is 12.0 Å². The molecule has 0 spiro atoms. The van der Waals surface area contributed by atoms with Gasteiger partial charge in [-0.1, -0.05) is 48.5 Å². The summed E-state index contributed by atoms with van der Waals surface area (Å²) in [6, 6.07) is 22.8. The number of likely N-dealkylation sites (tertiary alicyclic amines) is 1. The van der Waals surface area contributed by atoms with Crippen molar-refractivity contribution in [2.24, 2.45) is 0 Å². The Bertz CT molecular complexity index is 918. The third-order valence-corrected chi connectivity index (χ3v) is 5.64. The number of nitrogens with zero attached hydrogens (tertiary/aromatic N) is 2. The number of carbonyl (C=O) groups is 1. The van der Waals surface area contributed by atoms with Gasteiger partial charge in [0.05, 0.1) is 6.42 Å². The molecule has 0 unspecified atom stereocenters. The first-order valence-corrected chi connectivity index (χ1v) is 10.7. The van der Waals surface area contributed by atoms with E-state index in [1.165, 1.54) is 11.1 Å². The van der Waals surface area contributed by atoms with Crippen molar-refractivity contribution in [3.8, 4) is 5.75 Å². The van der Waals surface area contributed by atoms with Crippen LogP contribution >= 0.6 is 0 Å². The molecule has 4 nitrogen and oxygen atoms in total. The van der Waals surface area contributed by atoms with Crippen molar-refractivity contribution in [2.45, 2.75) is 38.2 Å². The zero-order chi connectivity index (χ0) is 20.6. The molecule has 0 saturated carbocycles. The lowest BCUT2D eigenvalue weighted by atomic mass is 10.0. The minimum Gasteiger partial charge on any atom is -0.490 e. The molecule has 1 aliphatic rings. The van der Waals surface area contributed by atoms with E-state index in [9.17, 15) is 4.79 Å². The number of ether oxygens (including phenoxy) is 1. The van der Waals surface area contributed by atoms with Crippen LogP contribution in [0.3, 0.4) is 0 Å². The van der Waals surface area contributed by atoms with Crippen molar-refractivity contribution < 1.29 is 9.53 Å². The Morgan fingerprint density at radius 3 is 2.20 bits per heavy atom. The van der Waals surface area contributed by atoms with E-state index < -0.39 is 0 Å². The Morgan fingerprint density at radius 1 is 0.867 bits per heavy atom. The first kappa shape index (κ1) is 20.1. The van der Waals surface area contributed by atoms with Crippen LogP contribution in [0, 0.1) is 0 Å². The molecular weight excluding hydrogens is 372 g/mol. The van der Waals surface area contributed by atoms with Crippen molar-refractivity contribution in [1.29, 1.82) is 0 Å². The van der Waals surface area contributed by atoms with Crippen LogP contribution in [-0.4, -0.2) is 35.0 Å². The molecule has 154 valence electrons. The van der Waals surface area contributed by atoms with Gasteiger partial charge >= 0.3 is 0 Å². The monoisotopic (exact) mass is 400 g/mol. The van der Waals surface area contributed by atoms with Crippen molar-refractivity contribution in [1.82, 2.24) is 9.88 Å². The van der Waals surface area contributed by atoms with Crippen molar-refractivity contribution in [3.05, 3.63) is 95.8 Å². The first-order valence-electron chi connectivity index (χ1n) is 10.7. The summed E-state index contributed by atoms with van der Waals surface area (Å²) in [5, 5.41) is 0. The molecular formula is C26H28N2O2. The highest BCUT2D eigenvalue weighted by Gasteiger charge is 2.24. The van der Waals surface area contributed by atoms with Gasteiger partial charge in [-0.2, -0.15) is 0 Å². The van der Waals surface area contributed by atoms with Gasteiger partial charge in [0.2, 0.25) is 5.91 Å². The maximum Gasteiger partial charge on any atom is 0.227 e. The number of aromatic nitrogens is 1. The van der Waals surface area contributed by atoms with Gasteiger partial charge in [-0.3, -0.25) is 9.78 Å². The minimum atomic E-state index is 0.169. The second-order valence-electron chi connectivity index (χ2n) is 7.87. The molecule has 0 aliphatic carbocycles. The number of hydrogen-bond acceptors (Lipinski definition) is 3. The van der Waals surface area contributed by atoms with Gasteiger partial charge in [0, 0.05) is 38.3 Å². The Labute approximate surface area is 178 Å². The molecule has 2 aromatic carbocycles. The quantitative estimate of drug-likeness (QED) is 0.587. The summed E-state index contributed by atoms with van der Waals surface area (Å²) in [4.78, 5) is 18.5. The molecule has 1 saturated heterocycles. The standard InChI is InChI=1S/C26H28N2O2/c29-26(19-23-7-4-16-27-20-23)28-17-14-25(15-18-28)30-24-12-10-22(11-13-24)9-8-21-5-2-1-3-6-21/h1-7,10-13,16,20,25H,8-9,14-15,17-19H2. The van der Waals surface area contributed by atoms with E-state index in [0.29, 0.717) is 6.42 Å². The van der Waals surface area contributed by atoms with Gasteiger partial charge in [0.25, 0.3) is 0 Å². The molecule has 1 amide bonds. The average Bonchev–Trinajstić information content (AvgIpc) is 2.80. The topological polar surface area (TPSA) is 42.4 Å². The third-order valence-electron chi connectivity index (χ3n) is 5.64. The van der Waals surface area contributed by atoms with Crippen LogP contribution in [0.2, 0.25) is 0 Å². The van der Waals surface area contributed by atoms with Gasteiger partial charge in [0.1, 0.15) is 11.9 Å². The Kier molecular flexibility index (Phi) is 6.75. The predicted octanol–water partition coefficient (Wildman–Crippen LogP) is 4.48. The number of amides is 1. The highest BCUT2D eigenvalue weighted by atomic mass is 16.5. The molecule has 0 bridgehead atoms. The van der Waals surface area contributed by atoms with Crippen molar-refractivity contribution >= 4 is 5.91 Å². The van der Waals surface area contributed by atoms with E-state index in [1.807, 2.05) is 17.0 Å². The van der Waals surface area contributed by atoms with E-state index in [4.69, 9.17) is 4.74 Å². The minimum absolute atomic E-state index is 0.169. The number of carbonyl (C=O) groups excluding carboxylic acids is 1. The molecule has 0 atom stereocenters. The van der Waals surface area contributed by atoms with Crippen molar-refractivity contribution in [2.75, 3.05) is 13.1 Å². The van der Waals surface area contributed by atoms with Crippen LogP contribution in [0.5, 0.6) is 5.75 Å². The normalized spacial score (nSPS) is 14.5. The van der Waals surface area contributed by atoms with Crippen LogP contribution in [0.15, 0.2) is 79.1 Å². The molecule has 1 fully saturated rings. The smallest absolute Gasteiger partial charge is 0.227 e. The number of benzene rings is 2. The van der Waals surface area contributed by atoms with Gasteiger partial charge in [-0.05, 0) is 47.7 Å². The lowest BCUT2D eigenvalue weighted by molar-refractivity contribution is -0.132. The molecule has 4 rings (SSSR count). The summed E-state index contributed by atoms with van der Waals surface area (Å²) < 4.78 is 6.17. The first-order chi connectivity index (χ1) is 14.8. The van der Waals surface area contributed by atoms with Crippen LogP contribution < -0.4 is 4.74 Å². The zero-order valence-corrected chi connectivity index (χ0v) is 17.2. The molecule has 1 aliphatic heterocycles. The summed E-state index contributed by atoms with van der Waals surface area (Å²) in [5.41, 5.74) is 3.65.